The number of anilines is 1. The Morgan fingerprint density at radius 2 is 1.97 bits per heavy atom. The van der Waals surface area contributed by atoms with Gasteiger partial charge in [-0.2, -0.15) is 4.98 Å². The topological polar surface area (TPSA) is 66.9 Å². The van der Waals surface area contributed by atoms with E-state index < -0.39 is 5.82 Å². The summed E-state index contributed by atoms with van der Waals surface area (Å²) in [6.07, 6.45) is 3.65. The summed E-state index contributed by atoms with van der Waals surface area (Å²) in [6.45, 7) is 5.72. The zero-order valence-corrected chi connectivity index (χ0v) is 17.4. The predicted molar refractivity (Wildman–Crippen MR) is 111 cm³/mol. The van der Waals surface area contributed by atoms with Crippen LogP contribution in [0.1, 0.15) is 36.0 Å². The Labute approximate surface area is 174 Å². The van der Waals surface area contributed by atoms with Gasteiger partial charge in [-0.05, 0) is 44.4 Å². The molecule has 0 bridgehead atoms. The van der Waals surface area contributed by atoms with Crippen LogP contribution in [-0.2, 0) is 0 Å². The quantitative estimate of drug-likeness (QED) is 0.670. The minimum absolute atomic E-state index is 0.0763. The molecule has 4 rings (SSSR count). The van der Waals surface area contributed by atoms with Crippen molar-refractivity contribution >= 4 is 17.4 Å². The number of ether oxygens (including phenoxy) is 1. The van der Waals surface area contributed by atoms with Gasteiger partial charge in [0.05, 0.1) is 17.8 Å². The fourth-order valence-corrected chi connectivity index (χ4v) is 4.13. The maximum atomic E-state index is 13.6. The molecule has 0 spiro atoms. The molecule has 3 heterocycles. The Balaban J connectivity index is 1.62. The second-order valence-electron chi connectivity index (χ2n) is 7.32. The van der Waals surface area contributed by atoms with Gasteiger partial charge < -0.3 is 14.6 Å². The number of nitrogens with zero attached hydrogens (tertiary/aromatic N) is 4. The van der Waals surface area contributed by atoms with E-state index in [2.05, 4.69) is 31.8 Å². The van der Waals surface area contributed by atoms with Crippen molar-refractivity contribution < 1.29 is 9.13 Å². The van der Waals surface area contributed by atoms with E-state index in [-0.39, 0.29) is 5.02 Å². The van der Waals surface area contributed by atoms with E-state index in [0.717, 1.165) is 60.1 Å². The van der Waals surface area contributed by atoms with E-state index in [0.29, 0.717) is 11.9 Å². The van der Waals surface area contributed by atoms with Gasteiger partial charge in [-0.15, -0.1) is 0 Å². The highest BCUT2D eigenvalue weighted by molar-refractivity contribution is 6.31. The van der Waals surface area contributed by atoms with Crippen molar-refractivity contribution in [2.75, 3.05) is 25.1 Å². The number of halogens is 2. The Hall–Kier alpha value is -2.67. The molecule has 0 aliphatic carbocycles. The largest absolute Gasteiger partial charge is 0.467 e. The Morgan fingerprint density at radius 3 is 2.59 bits per heavy atom. The lowest BCUT2D eigenvalue weighted by Gasteiger charge is -2.33. The van der Waals surface area contributed by atoms with Crippen LogP contribution in [-0.4, -0.2) is 40.1 Å². The van der Waals surface area contributed by atoms with Crippen molar-refractivity contribution in [1.82, 2.24) is 19.9 Å². The van der Waals surface area contributed by atoms with Gasteiger partial charge in [0, 0.05) is 36.5 Å². The van der Waals surface area contributed by atoms with Crippen LogP contribution in [0, 0.1) is 19.7 Å². The summed E-state index contributed by atoms with van der Waals surface area (Å²) >= 11 is 6.00. The summed E-state index contributed by atoms with van der Waals surface area (Å²) in [4.78, 5) is 19.0. The van der Waals surface area contributed by atoms with Gasteiger partial charge in [-0.1, -0.05) is 17.7 Å². The van der Waals surface area contributed by atoms with Crippen LogP contribution < -0.4 is 9.64 Å². The summed E-state index contributed by atoms with van der Waals surface area (Å²) in [7, 11) is 1.54. The fraction of sp³-hybridized carbons (Fsp3) is 0.381. The molecule has 152 valence electrons. The molecule has 2 aromatic heterocycles. The average molecular weight is 416 g/mol. The van der Waals surface area contributed by atoms with E-state index in [1.54, 1.807) is 25.4 Å². The number of imidazole rings is 1. The van der Waals surface area contributed by atoms with E-state index in [1.165, 1.54) is 6.07 Å². The molecule has 0 unspecified atom stereocenters. The highest BCUT2D eigenvalue weighted by Crippen LogP contribution is 2.36. The molecule has 1 N–H and O–H groups in total. The number of aryl methyl sites for hydroxylation is 2. The molecule has 1 aliphatic rings. The van der Waals surface area contributed by atoms with E-state index in [9.17, 15) is 4.39 Å². The van der Waals surface area contributed by atoms with Gasteiger partial charge in [0.25, 0.3) is 0 Å². The molecule has 6 nitrogen and oxygen atoms in total. The molecule has 0 saturated carbocycles. The van der Waals surface area contributed by atoms with E-state index in [1.807, 2.05) is 6.92 Å². The normalized spacial score (nSPS) is 15.0. The molecule has 1 saturated heterocycles. The fourth-order valence-electron chi connectivity index (χ4n) is 3.95. The maximum absolute atomic E-state index is 13.6. The first kappa shape index (κ1) is 19.6. The van der Waals surface area contributed by atoms with Crippen LogP contribution in [0.2, 0.25) is 5.02 Å². The van der Waals surface area contributed by atoms with Crippen molar-refractivity contribution in [2.24, 2.45) is 0 Å². The van der Waals surface area contributed by atoms with Crippen LogP contribution in [0.5, 0.6) is 6.01 Å². The molecule has 29 heavy (non-hydrogen) atoms. The first-order chi connectivity index (χ1) is 14.0. The standard InChI is InChI=1S/C21H23ClFN5O/c1-12-19(26-13(2)25-12)14-6-8-28(9-7-14)20-16(11-24-21(27-20)29-3)15-4-5-18(23)17(22)10-15/h4-5,10-11,14H,6-9H2,1-3H3,(H,25,26). The Bertz CT molecular complexity index is 1030. The number of methoxy groups -OCH3 is 1. The van der Waals surface area contributed by atoms with Crippen LogP contribution in [0.15, 0.2) is 24.4 Å². The summed E-state index contributed by atoms with van der Waals surface area (Å²) in [5.41, 5.74) is 3.88. The molecule has 1 aromatic carbocycles. The van der Waals surface area contributed by atoms with Gasteiger partial charge in [0.1, 0.15) is 17.5 Å². The lowest BCUT2D eigenvalue weighted by atomic mass is 9.92. The van der Waals surface area contributed by atoms with Gasteiger partial charge >= 0.3 is 6.01 Å². The number of hydrogen-bond acceptors (Lipinski definition) is 5. The first-order valence-electron chi connectivity index (χ1n) is 9.60. The first-order valence-corrected chi connectivity index (χ1v) is 9.98. The molecule has 8 heteroatoms. The molecule has 0 amide bonds. The SMILES string of the molecule is COc1ncc(-c2ccc(F)c(Cl)c2)c(N2CCC(c3nc(C)[nH]c3C)CC2)n1. The summed E-state index contributed by atoms with van der Waals surface area (Å²) in [5, 5.41) is 0.0763. The minimum Gasteiger partial charge on any atom is -0.467 e. The number of H-pyrrole nitrogens is 1. The predicted octanol–water partition coefficient (Wildman–Crippen LogP) is 4.67. The van der Waals surface area contributed by atoms with Gasteiger partial charge in [0.2, 0.25) is 0 Å². The molecule has 0 atom stereocenters. The zero-order chi connectivity index (χ0) is 20.5. The van der Waals surface area contributed by atoms with Crippen molar-refractivity contribution in [3.63, 3.8) is 0 Å². The van der Waals surface area contributed by atoms with E-state index >= 15 is 0 Å². The summed E-state index contributed by atoms with van der Waals surface area (Å²) in [6, 6.07) is 4.96. The third kappa shape index (κ3) is 3.92. The second-order valence-corrected chi connectivity index (χ2v) is 7.72. The van der Waals surface area contributed by atoms with E-state index in [4.69, 9.17) is 16.3 Å². The maximum Gasteiger partial charge on any atom is 0.318 e. The lowest BCUT2D eigenvalue weighted by molar-refractivity contribution is 0.379. The van der Waals surface area contributed by atoms with Crippen molar-refractivity contribution in [2.45, 2.75) is 32.6 Å². The minimum atomic E-state index is -0.447. The van der Waals surface area contributed by atoms with Gasteiger partial charge in [-0.25, -0.2) is 14.4 Å². The third-order valence-corrected chi connectivity index (χ3v) is 5.67. The molecule has 0 radical (unpaired) electrons. The smallest absolute Gasteiger partial charge is 0.318 e. The monoisotopic (exact) mass is 415 g/mol. The van der Waals surface area contributed by atoms with Crippen molar-refractivity contribution in [3.05, 3.63) is 52.4 Å². The van der Waals surface area contributed by atoms with Crippen molar-refractivity contribution in [1.29, 1.82) is 0 Å². The number of rotatable bonds is 4. The zero-order valence-electron chi connectivity index (χ0n) is 16.7. The molecule has 1 aliphatic heterocycles. The van der Waals surface area contributed by atoms with Crippen LogP contribution >= 0.6 is 11.6 Å². The molecular formula is C21H23ClFN5O. The molecular weight excluding hydrogens is 393 g/mol. The molecule has 1 fully saturated rings. The summed E-state index contributed by atoms with van der Waals surface area (Å²) in [5.74, 6) is 1.70. The Kier molecular flexibility index (Phi) is 5.41. The Morgan fingerprint density at radius 1 is 1.21 bits per heavy atom. The third-order valence-electron chi connectivity index (χ3n) is 5.38. The van der Waals surface area contributed by atoms with Gasteiger partial charge in [0.15, 0.2) is 0 Å². The molecule has 3 aromatic rings. The second kappa shape index (κ2) is 7.99. The lowest BCUT2D eigenvalue weighted by Crippen LogP contribution is -2.34. The van der Waals surface area contributed by atoms with Crippen LogP contribution in [0.3, 0.4) is 0 Å². The van der Waals surface area contributed by atoms with Crippen LogP contribution in [0.25, 0.3) is 11.1 Å². The number of benzene rings is 1. The number of piperidine rings is 1. The highest BCUT2D eigenvalue weighted by Gasteiger charge is 2.27. The number of hydrogen-bond donors (Lipinski definition) is 1. The van der Waals surface area contributed by atoms with Gasteiger partial charge in [-0.3, -0.25) is 0 Å². The highest BCUT2D eigenvalue weighted by atomic mass is 35.5. The van der Waals surface area contributed by atoms with Crippen molar-refractivity contribution in [3.8, 4) is 17.1 Å². The van der Waals surface area contributed by atoms with Crippen LogP contribution in [0.4, 0.5) is 10.2 Å². The number of aromatic amines is 1. The summed E-state index contributed by atoms with van der Waals surface area (Å²) < 4.78 is 18.9. The average Bonchev–Trinajstić information content (AvgIpc) is 3.07. The number of nitrogens with one attached hydrogen (secondary N) is 1. The number of aromatic nitrogens is 4.